The van der Waals surface area contributed by atoms with Crippen LogP contribution in [0.25, 0.3) is 0 Å². The minimum Gasteiger partial charge on any atom is -0.327 e. The molecule has 0 aromatic carbocycles. The quantitative estimate of drug-likeness (QED) is 0.609. The van der Waals surface area contributed by atoms with Gasteiger partial charge in [0.05, 0.1) is 5.75 Å². The lowest BCUT2D eigenvalue weighted by atomic mass is 10.0. The van der Waals surface area contributed by atoms with Gasteiger partial charge in [-0.3, -0.25) is 4.55 Å². The van der Waals surface area contributed by atoms with E-state index in [4.69, 9.17) is 10.3 Å². The highest BCUT2D eigenvalue weighted by molar-refractivity contribution is 7.85. The highest BCUT2D eigenvalue weighted by atomic mass is 32.2. The average molecular weight is 181 g/mol. The van der Waals surface area contributed by atoms with E-state index < -0.39 is 10.1 Å². The lowest BCUT2D eigenvalue weighted by Crippen LogP contribution is -2.28. The smallest absolute Gasteiger partial charge is 0.264 e. The number of hydrogen-bond donors (Lipinski definition) is 2. The number of nitrogens with two attached hydrogens (primary N) is 1. The summed E-state index contributed by atoms with van der Waals surface area (Å²) in [4.78, 5) is 0. The summed E-state index contributed by atoms with van der Waals surface area (Å²) < 4.78 is 28.9. The van der Waals surface area contributed by atoms with Crippen LogP contribution in [0.1, 0.15) is 20.3 Å². The summed E-state index contributed by atoms with van der Waals surface area (Å²) in [5.41, 5.74) is 5.55. The average Bonchev–Trinajstić information content (AvgIpc) is 1.80. The summed E-state index contributed by atoms with van der Waals surface area (Å²) in [6.07, 6.45) is 0.316. The van der Waals surface area contributed by atoms with E-state index in [1.54, 1.807) is 0 Å². The number of rotatable bonds is 4. The van der Waals surface area contributed by atoms with Crippen molar-refractivity contribution < 1.29 is 13.0 Å². The largest absolute Gasteiger partial charge is 0.327 e. The van der Waals surface area contributed by atoms with Crippen molar-refractivity contribution in [1.29, 1.82) is 0 Å². The zero-order chi connectivity index (χ0) is 9.07. The van der Waals surface area contributed by atoms with Gasteiger partial charge in [-0.1, -0.05) is 13.8 Å². The van der Waals surface area contributed by atoms with Crippen LogP contribution in [0.15, 0.2) is 0 Å². The second-order valence-corrected chi connectivity index (χ2v) is 4.55. The van der Waals surface area contributed by atoms with Crippen molar-refractivity contribution in [3.05, 3.63) is 0 Å². The molecule has 0 rings (SSSR count). The van der Waals surface area contributed by atoms with Crippen LogP contribution in [0.5, 0.6) is 0 Å². The minimum atomic E-state index is -3.83. The van der Waals surface area contributed by atoms with Crippen LogP contribution >= 0.6 is 0 Å². The van der Waals surface area contributed by atoms with E-state index in [-0.39, 0.29) is 17.7 Å². The molecule has 0 aromatic rings. The molecule has 0 radical (unpaired) electrons. The van der Waals surface area contributed by atoms with Crippen molar-refractivity contribution in [2.45, 2.75) is 26.3 Å². The third-order valence-corrected chi connectivity index (χ3v) is 2.32. The van der Waals surface area contributed by atoms with Crippen molar-refractivity contribution in [3.8, 4) is 0 Å². The summed E-state index contributed by atoms with van der Waals surface area (Å²) in [6, 6.07) is -0.156. The Morgan fingerprint density at radius 3 is 2.18 bits per heavy atom. The van der Waals surface area contributed by atoms with Crippen molar-refractivity contribution in [3.63, 3.8) is 0 Å². The first-order chi connectivity index (χ1) is 4.83. The molecule has 0 saturated heterocycles. The first-order valence-corrected chi connectivity index (χ1v) is 5.14. The van der Waals surface area contributed by atoms with Crippen LogP contribution in [-0.4, -0.2) is 24.8 Å². The van der Waals surface area contributed by atoms with Gasteiger partial charge in [0.1, 0.15) is 0 Å². The van der Waals surface area contributed by atoms with Crippen LogP contribution in [0.4, 0.5) is 0 Å². The fourth-order valence-electron chi connectivity index (χ4n) is 0.618. The SMILES string of the molecule is CC(C)[C@H](N)CCS(=O)(=O)O. The van der Waals surface area contributed by atoms with Crippen molar-refractivity contribution >= 4 is 10.1 Å². The highest BCUT2D eigenvalue weighted by Crippen LogP contribution is 2.03. The Hall–Kier alpha value is -0.130. The Kier molecular flexibility index (Phi) is 3.99. The molecule has 5 heteroatoms. The Balaban J connectivity index is 3.72. The first kappa shape index (κ1) is 10.9. The second kappa shape index (κ2) is 4.04. The summed E-state index contributed by atoms with van der Waals surface area (Å²) in [7, 11) is -3.83. The lowest BCUT2D eigenvalue weighted by molar-refractivity contribution is 0.453. The fourth-order valence-corrected chi connectivity index (χ4v) is 1.19. The lowest BCUT2D eigenvalue weighted by Gasteiger charge is -2.13. The zero-order valence-corrected chi connectivity index (χ0v) is 7.63. The van der Waals surface area contributed by atoms with Crippen LogP contribution in [0.3, 0.4) is 0 Å². The summed E-state index contributed by atoms with van der Waals surface area (Å²) in [5.74, 6) is 0.00329. The van der Waals surface area contributed by atoms with Crippen LogP contribution < -0.4 is 5.73 Å². The summed E-state index contributed by atoms with van der Waals surface area (Å²) in [6.45, 7) is 3.82. The highest BCUT2D eigenvalue weighted by Gasteiger charge is 2.11. The Morgan fingerprint density at radius 1 is 1.45 bits per heavy atom. The third kappa shape index (κ3) is 6.28. The standard InChI is InChI=1S/C6H15NO3S/c1-5(2)6(7)3-4-11(8,9)10/h5-6H,3-4,7H2,1-2H3,(H,8,9,10)/t6-/m1/s1. The Bertz CT molecular complexity index is 198. The molecule has 68 valence electrons. The molecule has 0 fully saturated rings. The molecule has 0 amide bonds. The van der Waals surface area contributed by atoms with Gasteiger partial charge < -0.3 is 5.73 Å². The van der Waals surface area contributed by atoms with Gasteiger partial charge in [-0.15, -0.1) is 0 Å². The maximum atomic E-state index is 10.3. The van der Waals surface area contributed by atoms with E-state index in [1.165, 1.54) is 0 Å². The predicted molar refractivity (Wildman–Crippen MR) is 43.8 cm³/mol. The van der Waals surface area contributed by atoms with Crippen molar-refractivity contribution in [2.75, 3.05) is 5.75 Å². The molecule has 0 aliphatic rings. The van der Waals surface area contributed by atoms with Gasteiger partial charge in [0.15, 0.2) is 0 Å². The van der Waals surface area contributed by atoms with Gasteiger partial charge in [-0.2, -0.15) is 8.42 Å². The maximum absolute atomic E-state index is 10.3. The van der Waals surface area contributed by atoms with E-state index in [0.717, 1.165) is 0 Å². The predicted octanol–water partition coefficient (Wildman–Crippen LogP) is 0.248. The normalized spacial score (nSPS) is 15.4. The van der Waals surface area contributed by atoms with Crippen molar-refractivity contribution in [1.82, 2.24) is 0 Å². The fraction of sp³-hybridized carbons (Fsp3) is 1.00. The van der Waals surface area contributed by atoms with E-state index in [2.05, 4.69) is 0 Å². The molecule has 4 nitrogen and oxygen atoms in total. The molecular formula is C6H15NO3S. The van der Waals surface area contributed by atoms with Gasteiger partial charge in [-0.05, 0) is 12.3 Å². The van der Waals surface area contributed by atoms with Crippen LogP contribution in [0.2, 0.25) is 0 Å². The molecule has 0 bridgehead atoms. The number of hydrogen-bond acceptors (Lipinski definition) is 3. The van der Waals surface area contributed by atoms with Gasteiger partial charge >= 0.3 is 0 Å². The van der Waals surface area contributed by atoms with E-state index in [9.17, 15) is 8.42 Å². The molecule has 11 heavy (non-hydrogen) atoms. The summed E-state index contributed by atoms with van der Waals surface area (Å²) in [5, 5.41) is 0. The van der Waals surface area contributed by atoms with E-state index in [1.807, 2.05) is 13.8 Å². The Labute approximate surface area is 67.5 Å². The molecule has 0 aliphatic heterocycles. The molecular weight excluding hydrogens is 166 g/mol. The molecule has 0 saturated carbocycles. The van der Waals surface area contributed by atoms with E-state index in [0.29, 0.717) is 6.42 Å². The van der Waals surface area contributed by atoms with E-state index >= 15 is 0 Å². The van der Waals surface area contributed by atoms with Crippen molar-refractivity contribution in [2.24, 2.45) is 11.7 Å². The maximum Gasteiger partial charge on any atom is 0.264 e. The minimum absolute atomic E-state index is 0.156. The molecule has 0 unspecified atom stereocenters. The molecule has 0 aliphatic carbocycles. The van der Waals surface area contributed by atoms with Gasteiger partial charge in [0, 0.05) is 6.04 Å². The summed E-state index contributed by atoms with van der Waals surface area (Å²) >= 11 is 0. The monoisotopic (exact) mass is 181 g/mol. The zero-order valence-electron chi connectivity index (χ0n) is 6.82. The van der Waals surface area contributed by atoms with Gasteiger partial charge in [0.2, 0.25) is 0 Å². The second-order valence-electron chi connectivity index (χ2n) is 2.98. The van der Waals surface area contributed by atoms with Crippen LogP contribution in [-0.2, 0) is 10.1 Å². The van der Waals surface area contributed by atoms with Crippen LogP contribution in [0, 0.1) is 5.92 Å². The molecule has 0 spiro atoms. The first-order valence-electron chi connectivity index (χ1n) is 3.53. The Morgan fingerprint density at radius 2 is 1.91 bits per heavy atom. The molecule has 1 atom stereocenters. The molecule has 0 heterocycles. The topological polar surface area (TPSA) is 80.4 Å². The third-order valence-electron chi connectivity index (χ3n) is 1.57. The van der Waals surface area contributed by atoms with Gasteiger partial charge in [-0.25, -0.2) is 0 Å². The molecule has 0 aromatic heterocycles. The van der Waals surface area contributed by atoms with Gasteiger partial charge in [0.25, 0.3) is 10.1 Å². The molecule has 3 N–H and O–H groups in total.